The molecule has 14 heavy (non-hydrogen) atoms. The van der Waals surface area contributed by atoms with Crippen LogP contribution in [0.4, 0.5) is 4.79 Å². The molecular weight excluding hydrogens is 180 g/mol. The van der Waals surface area contributed by atoms with Crippen LogP contribution < -0.4 is 0 Å². The predicted octanol–water partition coefficient (Wildman–Crippen LogP) is 2.35. The van der Waals surface area contributed by atoms with E-state index in [0.717, 1.165) is 5.92 Å². The molecule has 5 atom stereocenters. The maximum Gasteiger partial charge on any atom is 0.509 e. The molecule has 2 bridgehead atoms. The molecule has 2 aliphatic carbocycles. The van der Waals surface area contributed by atoms with Crippen molar-refractivity contribution in [2.45, 2.75) is 44.8 Å². The molecule has 3 fully saturated rings. The topological polar surface area (TPSA) is 35.5 Å². The summed E-state index contributed by atoms with van der Waals surface area (Å²) in [6.07, 6.45) is 4.73. The summed E-state index contributed by atoms with van der Waals surface area (Å²) < 4.78 is 10.4. The van der Waals surface area contributed by atoms with Crippen LogP contribution in [0.2, 0.25) is 0 Å². The molecule has 3 nitrogen and oxygen atoms in total. The van der Waals surface area contributed by atoms with Crippen molar-refractivity contribution >= 4 is 6.16 Å². The average Bonchev–Trinajstić information content (AvgIpc) is 2.74. The van der Waals surface area contributed by atoms with E-state index in [0.29, 0.717) is 11.8 Å². The first-order valence-corrected chi connectivity index (χ1v) is 5.67. The van der Waals surface area contributed by atoms with Crippen LogP contribution in [0, 0.1) is 17.8 Å². The highest BCUT2D eigenvalue weighted by atomic mass is 16.8. The molecular formula is C11H16O3. The number of carbonyl (C=O) groups is 1. The van der Waals surface area contributed by atoms with Gasteiger partial charge >= 0.3 is 6.16 Å². The molecule has 0 amide bonds. The number of hydrogen-bond donors (Lipinski definition) is 0. The molecule has 1 aliphatic heterocycles. The maximum absolute atomic E-state index is 11.0. The average molecular weight is 196 g/mol. The fraction of sp³-hybridized carbons (Fsp3) is 0.909. The summed E-state index contributed by atoms with van der Waals surface area (Å²) in [5.74, 6) is 1.96. The molecule has 1 heterocycles. The van der Waals surface area contributed by atoms with E-state index < -0.39 is 6.16 Å². The van der Waals surface area contributed by atoms with Gasteiger partial charge in [-0.25, -0.2) is 4.79 Å². The van der Waals surface area contributed by atoms with Crippen molar-refractivity contribution in [3.63, 3.8) is 0 Å². The highest BCUT2D eigenvalue weighted by Crippen LogP contribution is 2.54. The Labute approximate surface area is 83.8 Å². The van der Waals surface area contributed by atoms with Gasteiger partial charge < -0.3 is 9.47 Å². The van der Waals surface area contributed by atoms with Crippen molar-refractivity contribution in [2.75, 3.05) is 0 Å². The molecule has 0 aromatic heterocycles. The Morgan fingerprint density at radius 3 is 2.86 bits per heavy atom. The molecule has 0 spiro atoms. The Hall–Kier alpha value is -0.730. The van der Waals surface area contributed by atoms with Gasteiger partial charge in [0.15, 0.2) is 0 Å². The molecule has 3 rings (SSSR count). The van der Waals surface area contributed by atoms with E-state index in [1.807, 2.05) is 0 Å². The Balaban J connectivity index is 1.76. The van der Waals surface area contributed by atoms with Gasteiger partial charge in [-0.3, -0.25) is 0 Å². The summed E-state index contributed by atoms with van der Waals surface area (Å²) in [7, 11) is 0. The summed E-state index contributed by atoms with van der Waals surface area (Å²) in [5, 5.41) is 0. The number of hydrogen-bond acceptors (Lipinski definition) is 3. The molecule has 1 saturated heterocycles. The fourth-order valence-electron chi connectivity index (χ4n) is 3.65. The van der Waals surface area contributed by atoms with Crippen molar-refractivity contribution in [2.24, 2.45) is 17.8 Å². The van der Waals surface area contributed by atoms with E-state index >= 15 is 0 Å². The van der Waals surface area contributed by atoms with E-state index in [-0.39, 0.29) is 12.2 Å². The van der Waals surface area contributed by atoms with E-state index in [1.165, 1.54) is 25.7 Å². The third-order valence-electron chi connectivity index (χ3n) is 4.12. The first-order chi connectivity index (χ1) is 6.79. The summed E-state index contributed by atoms with van der Waals surface area (Å²) >= 11 is 0. The second-order valence-electron chi connectivity index (χ2n) is 4.86. The van der Waals surface area contributed by atoms with Gasteiger partial charge in [0.25, 0.3) is 0 Å². The number of carbonyl (C=O) groups excluding carboxylic acids is 1. The van der Waals surface area contributed by atoms with E-state index in [4.69, 9.17) is 9.47 Å². The first-order valence-electron chi connectivity index (χ1n) is 5.67. The molecule has 4 unspecified atom stereocenters. The van der Waals surface area contributed by atoms with Crippen LogP contribution in [0.3, 0.4) is 0 Å². The van der Waals surface area contributed by atoms with Crippen LogP contribution in [0.1, 0.15) is 32.6 Å². The molecule has 3 aliphatic rings. The largest absolute Gasteiger partial charge is 0.509 e. The zero-order valence-electron chi connectivity index (χ0n) is 8.44. The minimum atomic E-state index is -0.438. The van der Waals surface area contributed by atoms with Crippen LogP contribution in [-0.2, 0) is 9.47 Å². The highest BCUT2D eigenvalue weighted by Gasteiger charge is 2.59. The van der Waals surface area contributed by atoms with Crippen LogP contribution in [0.25, 0.3) is 0 Å². The maximum atomic E-state index is 11.0. The molecule has 0 aromatic rings. The minimum Gasteiger partial charge on any atom is -0.427 e. The zero-order valence-corrected chi connectivity index (χ0v) is 8.44. The highest BCUT2D eigenvalue weighted by molar-refractivity contribution is 5.63. The lowest BCUT2D eigenvalue weighted by Gasteiger charge is -2.27. The Kier molecular flexibility index (Phi) is 1.76. The lowest BCUT2D eigenvalue weighted by molar-refractivity contribution is 0.0663. The fourth-order valence-corrected chi connectivity index (χ4v) is 3.65. The predicted molar refractivity (Wildman–Crippen MR) is 49.8 cm³/mol. The van der Waals surface area contributed by atoms with Gasteiger partial charge in [-0.2, -0.15) is 0 Å². The quantitative estimate of drug-likeness (QED) is 0.636. The third-order valence-corrected chi connectivity index (χ3v) is 4.12. The summed E-state index contributed by atoms with van der Waals surface area (Å²) in [6, 6.07) is 0. The number of rotatable bonds is 2. The monoisotopic (exact) mass is 196 g/mol. The van der Waals surface area contributed by atoms with Crippen molar-refractivity contribution in [3.05, 3.63) is 0 Å². The van der Waals surface area contributed by atoms with Gasteiger partial charge in [-0.05, 0) is 18.8 Å². The standard InChI is InChI=1S/C11H16O3/c1-2-3-6-4-7-5-8(6)10-9(7)13-11(12)14-10/h6-10H,2-5H2,1H3/t6?,7?,8-,9?,10?/m1/s1. The first kappa shape index (κ1) is 8.57. The van der Waals surface area contributed by atoms with Gasteiger partial charge in [0, 0.05) is 11.8 Å². The SMILES string of the molecule is CCCC1CC2C[C@H]1C1OC(=O)OC21. The van der Waals surface area contributed by atoms with Crippen molar-refractivity contribution in [1.29, 1.82) is 0 Å². The molecule has 0 radical (unpaired) electrons. The van der Waals surface area contributed by atoms with E-state index in [9.17, 15) is 4.79 Å². The van der Waals surface area contributed by atoms with Crippen LogP contribution in [-0.4, -0.2) is 18.4 Å². The Bertz CT molecular complexity index is 263. The van der Waals surface area contributed by atoms with E-state index in [1.54, 1.807) is 0 Å². The summed E-state index contributed by atoms with van der Waals surface area (Å²) in [6.45, 7) is 2.22. The normalized spacial score (nSPS) is 48.9. The lowest BCUT2D eigenvalue weighted by atomic mass is 9.82. The second kappa shape index (κ2) is 2.88. The smallest absolute Gasteiger partial charge is 0.427 e. The summed E-state index contributed by atoms with van der Waals surface area (Å²) in [5.41, 5.74) is 0. The van der Waals surface area contributed by atoms with Crippen molar-refractivity contribution in [1.82, 2.24) is 0 Å². The van der Waals surface area contributed by atoms with Crippen molar-refractivity contribution < 1.29 is 14.3 Å². The Morgan fingerprint density at radius 2 is 2.07 bits per heavy atom. The van der Waals surface area contributed by atoms with Crippen LogP contribution in [0.15, 0.2) is 0 Å². The van der Waals surface area contributed by atoms with Gasteiger partial charge in [0.2, 0.25) is 0 Å². The molecule has 3 heteroatoms. The van der Waals surface area contributed by atoms with Crippen molar-refractivity contribution in [3.8, 4) is 0 Å². The van der Waals surface area contributed by atoms with Crippen LogP contribution >= 0.6 is 0 Å². The summed E-state index contributed by atoms with van der Waals surface area (Å²) in [4.78, 5) is 11.0. The Morgan fingerprint density at radius 1 is 1.29 bits per heavy atom. The van der Waals surface area contributed by atoms with Gasteiger partial charge in [-0.15, -0.1) is 0 Å². The molecule has 0 aromatic carbocycles. The number of fused-ring (bicyclic) bond motifs is 5. The van der Waals surface area contributed by atoms with Gasteiger partial charge in [0.1, 0.15) is 12.2 Å². The van der Waals surface area contributed by atoms with E-state index in [2.05, 4.69) is 6.92 Å². The number of ether oxygens (including phenoxy) is 2. The third kappa shape index (κ3) is 1.01. The van der Waals surface area contributed by atoms with Crippen LogP contribution in [0.5, 0.6) is 0 Å². The zero-order chi connectivity index (χ0) is 9.71. The second-order valence-corrected chi connectivity index (χ2v) is 4.86. The molecule has 2 saturated carbocycles. The lowest BCUT2D eigenvalue weighted by Crippen LogP contribution is -2.34. The molecule has 0 N–H and O–H groups in total. The van der Waals surface area contributed by atoms with Gasteiger partial charge in [0.05, 0.1) is 0 Å². The van der Waals surface area contributed by atoms with Gasteiger partial charge in [-0.1, -0.05) is 19.8 Å². The minimum absolute atomic E-state index is 0.0952. The molecule has 78 valence electrons.